The van der Waals surface area contributed by atoms with Crippen LogP contribution in [0.2, 0.25) is 0 Å². The van der Waals surface area contributed by atoms with Gasteiger partial charge in [0.2, 0.25) is 17.8 Å². The first-order valence-electron chi connectivity index (χ1n) is 5.33. The first kappa shape index (κ1) is 14.5. The predicted molar refractivity (Wildman–Crippen MR) is 66.8 cm³/mol. The zero-order valence-corrected chi connectivity index (χ0v) is 10.4. The SMILES string of the molecule is CNc1nc(F)nc(N[B]Nc2nc(F)nc(NF)n2)n1. The number of hydrogen-bond acceptors (Lipinski definition) is 10. The van der Waals surface area contributed by atoms with Crippen LogP contribution in [0.25, 0.3) is 0 Å². The molecule has 0 spiro atoms. The van der Waals surface area contributed by atoms with Crippen molar-refractivity contribution in [1.29, 1.82) is 0 Å². The molecule has 0 fully saturated rings. The first-order chi connectivity index (χ1) is 10.1. The summed E-state index contributed by atoms with van der Waals surface area (Å²) in [5.74, 6) is -1.02. The zero-order valence-electron chi connectivity index (χ0n) is 10.4. The largest absolute Gasteiger partial charge is 0.390 e. The normalized spacial score (nSPS) is 9.90. The second-order valence-corrected chi connectivity index (χ2v) is 3.28. The molecule has 1 radical (unpaired) electrons. The van der Waals surface area contributed by atoms with E-state index in [1.54, 1.807) is 0 Å². The molecule has 0 unspecified atom stereocenters. The number of aromatic nitrogens is 6. The van der Waals surface area contributed by atoms with E-state index in [9.17, 15) is 13.3 Å². The second kappa shape index (κ2) is 6.49. The molecule has 0 saturated heterocycles. The van der Waals surface area contributed by atoms with Gasteiger partial charge in [-0.2, -0.15) is 44.2 Å². The van der Waals surface area contributed by atoms with E-state index in [2.05, 4.69) is 45.7 Å². The summed E-state index contributed by atoms with van der Waals surface area (Å²) >= 11 is 0. The van der Waals surface area contributed by atoms with Crippen molar-refractivity contribution in [1.82, 2.24) is 29.9 Å². The molecular formula is C7H7BF3N10. The molecule has 0 aliphatic rings. The molecule has 0 aliphatic heterocycles. The number of nitrogens with one attached hydrogen (secondary N) is 4. The van der Waals surface area contributed by atoms with Gasteiger partial charge in [-0.1, -0.05) is 0 Å². The summed E-state index contributed by atoms with van der Waals surface area (Å²) in [4.78, 5) is 20.2. The van der Waals surface area contributed by atoms with Crippen LogP contribution in [-0.2, 0) is 0 Å². The average molecular weight is 299 g/mol. The van der Waals surface area contributed by atoms with E-state index >= 15 is 0 Å². The molecule has 0 aromatic carbocycles. The van der Waals surface area contributed by atoms with Gasteiger partial charge < -0.3 is 15.8 Å². The molecule has 0 aliphatic carbocycles. The summed E-state index contributed by atoms with van der Waals surface area (Å²) in [6, 6.07) is 0. The van der Waals surface area contributed by atoms with Gasteiger partial charge in [-0.25, -0.2) is 0 Å². The van der Waals surface area contributed by atoms with Crippen LogP contribution in [0.5, 0.6) is 0 Å². The minimum atomic E-state index is -1.19. The molecule has 21 heavy (non-hydrogen) atoms. The molecule has 14 heteroatoms. The quantitative estimate of drug-likeness (QED) is 0.418. The molecule has 0 amide bonds. The molecule has 2 heterocycles. The van der Waals surface area contributed by atoms with Crippen molar-refractivity contribution >= 4 is 31.3 Å². The average Bonchev–Trinajstić information content (AvgIpc) is 2.46. The smallest absolute Gasteiger partial charge is 0.381 e. The fraction of sp³-hybridized carbons (Fsp3) is 0.143. The van der Waals surface area contributed by atoms with Gasteiger partial charge in [0.15, 0.2) is 0 Å². The van der Waals surface area contributed by atoms with Crippen molar-refractivity contribution in [3.63, 3.8) is 0 Å². The molecule has 109 valence electrons. The number of rotatable bonds is 6. The first-order valence-corrected chi connectivity index (χ1v) is 5.33. The summed E-state index contributed by atoms with van der Waals surface area (Å²) in [5.41, 5.74) is 1.07. The van der Waals surface area contributed by atoms with Gasteiger partial charge in [-0.05, 0) is 0 Å². The Morgan fingerprint density at radius 1 is 0.762 bits per heavy atom. The van der Waals surface area contributed by atoms with Crippen molar-refractivity contribution in [2.24, 2.45) is 0 Å². The molecule has 2 aromatic rings. The highest BCUT2D eigenvalue weighted by Gasteiger charge is 2.08. The Balaban J connectivity index is 1.98. The number of hydrogen-bond donors (Lipinski definition) is 4. The molecule has 0 saturated carbocycles. The fourth-order valence-electron chi connectivity index (χ4n) is 1.15. The molecule has 2 rings (SSSR count). The van der Waals surface area contributed by atoms with Crippen LogP contribution in [0.15, 0.2) is 0 Å². The Hall–Kier alpha value is -2.93. The van der Waals surface area contributed by atoms with E-state index < -0.39 is 18.1 Å². The highest BCUT2D eigenvalue weighted by molar-refractivity contribution is 6.44. The minimum absolute atomic E-state index is 0.00789. The Labute approximate surface area is 116 Å². The lowest BCUT2D eigenvalue weighted by molar-refractivity contribution is 0.525. The van der Waals surface area contributed by atoms with Crippen molar-refractivity contribution in [2.75, 3.05) is 28.4 Å². The number of halogens is 3. The van der Waals surface area contributed by atoms with Crippen LogP contribution in [0.3, 0.4) is 0 Å². The Morgan fingerprint density at radius 3 is 1.76 bits per heavy atom. The van der Waals surface area contributed by atoms with Crippen molar-refractivity contribution < 1.29 is 13.3 Å². The monoisotopic (exact) mass is 299 g/mol. The third-order valence-corrected chi connectivity index (χ3v) is 1.93. The van der Waals surface area contributed by atoms with Crippen molar-refractivity contribution in [3.8, 4) is 0 Å². The maximum absolute atomic E-state index is 13.0. The van der Waals surface area contributed by atoms with Crippen LogP contribution >= 0.6 is 0 Å². The second-order valence-electron chi connectivity index (χ2n) is 3.28. The van der Waals surface area contributed by atoms with Crippen LogP contribution in [-0.4, -0.2) is 44.5 Å². The van der Waals surface area contributed by atoms with Gasteiger partial charge in [-0.15, -0.1) is 4.48 Å². The number of nitrogens with zero attached hydrogens (tertiary/aromatic N) is 6. The van der Waals surface area contributed by atoms with E-state index in [-0.39, 0.29) is 17.8 Å². The van der Waals surface area contributed by atoms with Crippen molar-refractivity contribution in [2.45, 2.75) is 0 Å². The highest BCUT2D eigenvalue weighted by Crippen LogP contribution is 2.05. The lowest BCUT2D eigenvalue weighted by atomic mass is 10.2. The van der Waals surface area contributed by atoms with Gasteiger partial charge in [0.1, 0.15) is 0 Å². The molecule has 10 nitrogen and oxygen atoms in total. The standard InChI is InChI=1S/C7H7BF3N10/c1-12-4-13-2(9)14-5(17-4)19-8-20-6-15-3(10)16-7(18-6)21-11/h1H3,(H2,12,13,14,17,19)(H2,15,16,18,20,21). The van der Waals surface area contributed by atoms with Crippen LogP contribution in [0.4, 0.5) is 37.1 Å². The third kappa shape index (κ3) is 4.02. The summed E-state index contributed by atoms with van der Waals surface area (Å²) in [7, 11) is 2.59. The molecule has 4 N–H and O–H groups in total. The van der Waals surface area contributed by atoms with Crippen LogP contribution in [0.1, 0.15) is 0 Å². The van der Waals surface area contributed by atoms with E-state index in [0.717, 1.165) is 13.1 Å². The molecule has 2 aromatic heterocycles. The summed E-state index contributed by atoms with van der Waals surface area (Å²) in [5, 5.41) is 7.36. The Kier molecular flexibility index (Phi) is 4.48. The van der Waals surface area contributed by atoms with Gasteiger partial charge in [-0.3, -0.25) is 0 Å². The fourth-order valence-corrected chi connectivity index (χ4v) is 1.15. The predicted octanol–water partition coefficient (Wildman–Crippen LogP) is -0.269. The van der Waals surface area contributed by atoms with E-state index in [1.165, 1.54) is 7.05 Å². The van der Waals surface area contributed by atoms with Crippen LogP contribution in [0, 0.1) is 12.2 Å². The minimum Gasteiger partial charge on any atom is -0.381 e. The van der Waals surface area contributed by atoms with E-state index in [4.69, 9.17) is 0 Å². The maximum Gasteiger partial charge on any atom is 0.390 e. The molecular weight excluding hydrogens is 292 g/mol. The van der Waals surface area contributed by atoms with Crippen molar-refractivity contribution in [3.05, 3.63) is 12.2 Å². The van der Waals surface area contributed by atoms with Gasteiger partial charge >= 0.3 is 19.7 Å². The summed E-state index contributed by atoms with van der Waals surface area (Å²) in [6.45, 7) is 0. The summed E-state index contributed by atoms with van der Waals surface area (Å²) < 4.78 is 38.0. The van der Waals surface area contributed by atoms with Crippen LogP contribution < -0.4 is 21.3 Å². The van der Waals surface area contributed by atoms with E-state index in [0.29, 0.717) is 0 Å². The maximum atomic E-state index is 13.0. The van der Waals surface area contributed by atoms with E-state index in [1.807, 2.05) is 0 Å². The lowest BCUT2D eigenvalue weighted by Crippen LogP contribution is -2.21. The summed E-state index contributed by atoms with van der Waals surface area (Å²) in [6.07, 6.45) is -2.19. The topological polar surface area (TPSA) is 125 Å². The third-order valence-electron chi connectivity index (χ3n) is 1.93. The van der Waals surface area contributed by atoms with Gasteiger partial charge in [0.05, 0.1) is 0 Å². The molecule has 0 bridgehead atoms. The van der Waals surface area contributed by atoms with Gasteiger partial charge in [0, 0.05) is 7.05 Å². The Bertz CT molecular complexity index is 574. The lowest BCUT2D eigenvalue weighted by Gasteiger charge is -2.06. The van der Waals surface area contributed by atoms with Gasteiger partial charge in [0.25, 0.3) is 5.95 Å². The highest BCUT2D eigenvalue weighted by atomic mass is 19.2. The number of anilines is 4. The molecule has 0 atom stereocenters. The Morgan fingerprint density at radius 2 is 1.24 bits per heavy atom. The zero-order chi connectivity index (χ0) is 15.2.